The maximum atomic E-state index is 5.21. The van der Waals surface area contributed by atoms with Crippen molar-refractivity contribution in [2.24, 2.45) is 0 Å². The van der Waals surface area contributed by atoms with Crippen molar-refractivity contribution in [1.82, 2.24) is 15.3 Å². The highest BCUT2D eigenvalue weighted by Gasteiger charge is 2.10. The summed E-state index contributed by atoms with van der Waals surface area (Å²) in [5, 5.41) is 3.33. The van der Waals surface area contributed by atoms with Gasteiger partial charge in [0.1, 0.15) is 5.75 Å². The molecule has 0 saturated heterocycles. The first kappa shape index (κ1) is 13.5. The zero-order chi connectivity index (χ0) is 13.5. The Labute approximate surface area is 113 Å². The number of aryl methyl sites for hydroxylation is 1. The molecule has 19 heavy (non-hydrogen) atoms. The van der Waals surface area contributed by atoms with E-state index >= 15 is 0 Å². The minimum absolute atomic E-state index is 0.274. The second kappa shape index (κ2) is 6.85. The van der Waals surface area contributed by atoms with Gasteiger partial charge in [0, 0.05) is 24.6 Å². The van der Waals surface area contributed by atoms with Crippen LogP contribution in [0.1, 0.15) is 23.6 Å². The predicted octanol–water partition coefficient (Wildman–Crippen LogP) is 2.38. The zero-order valence-corrected chi connectivity index (χ0v) is 11.3. The van der Waals surface area contributed by atoms with E-state index in [-0.39, 0.29) is 6.04 Å². The summed E-state index contributed by atoms with van der Waals surface area (Å²) in [5.74, 6) is 0.793. The van der Waals surface area contributed by atoms with E-state index in [9.17, 15) is 0 Å². The van der Waals surface area contributed by atoms with Crippen LogP contribution in [0, 0.1) is 0 Å². The van der Waals surface area contributed by atoms with E-state index < -0.39 is 0 Å². The molecule has 0 amide bonds. The van der Waals surface area contributed by atoms with Crippen LogP contribution in [0.2, 0.25) is 0 Å². The molecule has 1 atom stereocenters. The molecule has 2 heterocycles. The molecule has 0 spiro atoms. The van der Waals surface area contributed by atoms with Gasteiger partial charge in [-0.25, -0.2) is 0 Å². The van der Waals surface area contributed by atoms with Gasteiger partial charge in [0.05, 0.1) is 13.3 Å². The quantitative estimate of drug-likeness (QED) is 0.863. The van der Waals surface area contributed by atoms with Gasteiger partial charge in [-0.2, -0.15) is 0 Å². The Bertz CT molecular complexity index is 502. The van der Waals surface area contributed by atoms with E-state index in [1.54, 1.807) is 13.3 Å². The highest BCUT2D eigenvalue weighted by Crippen LogP contribution is 2.21. The molecule has 4 nitrogen and oxygen atoms in total. The fourth-order valence-corrected chi connectivity index (χ4v) is 2.08. The maximum Gasteiger partial charge on any atom is 0.137 e. The molecule has 0 aliphatic heterocycles. The van der Waals surface area contributed by atoms with Gasteiger partial charge in [0.15, 0.2) is 0 Å². The van der Waals surface area contributed by atoms with Gasteiger partial charge < -0.3 is 10.1 Å². The molecule has 0 saturated carbocycles. The molecule has 2 aromatic rings. The summed E-state index contributed by atoms with van der Waals surface area (Å²) in [4.78, 5) is 8.24. The van der Waals surface area contributed by atoms with Crippen LogP contribution in [-0.4, -0.2) is 24.1 Å². The van der Waals surface area contributed by atoms with Crippen LogP contribution in [0.15, 0.2) is 43.0 Å². The average Bonchev–Trinajstić information content (AvgIpc) is 2.49. The van der Waals surface area contributed by atoms with Crippen molar-refractivity contribution in [3.05, 3.63) is 54.1 Å². The van der Waals surface area contributed by atoms with Crippen LogP contribution in [0.25, 0.3) is 0 Å². The number of hydrogen-bond donors (Lipinski definition) is 1. The van der Waals surface area contributed by atoms with E-state index in [1.807, 2.05) is 31.7 Å². The predicted molar refractivity (Wildman–Crippen MR) is 75.1 cm³/mol. The summed E-state index contributed by atoms with van der Waals surface area (Å²) in [6.45, 7) is 0. The third-order valence-electron chi connectivity index (χ3n) is 3.19. The Balaban J connectivity index is 2.03. The zero-order valence-electron chi connectivity index (χ0n) is 11.3. The second-order valence-corrected chi connectivity index (χ2v) is 4.39. The smallest absolute Gasteiger partial charge is 0.137 e. The van der Waals surface area contributed by atoms with Crippen molar-refractivity contribution >= 4 is 0 Å². The number of nitrogens with zero attached hydrogens (tertiary/aromatic N) is 2. The molecule has 0 bridgehead atoms. The van der Waals surface area contributed by atoms with Crippen molar-refractivity contribution in [1.29, 1.82) is 0 Å². The SMILES string of the molecule is CNC(CCc1ccncc1)c1cncc(OC)c1. The van der Waals surface area contributed by atoms with Gasteiger partial charge >= 0.3 is 0 Å². The van der Waals surface area contributed by atoms with E-state index in [1.165, 1.54) is 5.56 Å². The van der Waals surface area contributed by atoms with Crippen molar-refractivity contribution in [3.8, 4) is 5.75 Å². The van der Waals surface area contributed by atoms with Gasteiger partial charge in [-0.05, 0) is 49.2 Å². The molecule has 1 unspecified atom stereocenters. The van der Waals surface area contributed by atoms with Crippen LogP contribution < -0.4 is 10.1 Å². The summed E-state index contributed by atoms with van der Waals surface area (Å²) >= 11 is 0. The second-order valence-electron chi connectivity index (χ2n) is 4.39. The average molecular weight is 257 g/mol. The molecular weight excluding hydrogens is 238 g/mol. The van der Waals surface area contributed by atoms with Crippen molar-refractivity contribution < 1.29 is 4.74 Å². The van der Waals surface area contributed by atoms with Crippen LogP contribution >= 0.6 is 0 Å². The Kier molecular flexibility index (Phi) is 4.86. The van der Waals surface area contributed by atoms with E-state index in [0.29, 0.717) is 0 Å². The van der Waals surface area contributed by atoms with Gasteiger partial charge in [0.2, 0.25) is 0 Å². The lowest BCUT2D eigenvalue weighted by atomic mass is 10.0. The molecule has 0 radical (unpaired) electrons. The van der Waals surface area contributed by atoms with E-state index in [2.05, 4.69) is 27.4 Å². The largest absolute Gasteiger partial charge is 0.495 e. The molecular formula is C15H19N3O. The molecule has 2 aromatic heterocycles. The molecule has 4 heteroatoms. The minimum Gasteiger partial charge on any atom is -0.495 e. The molecule has 0 aromatic carbocycles. The lowest BCUT2D eigenvalue weighted by molar-refractivity contribution is 0.410. The topological polar surface area (TPSA) is 47.0 Å². The van der Waals surface area contributed by atoms with Crippen LogP contribution in [0.4, 0.5) is 0 Å². The van der Waals surface area contributed by atoms with Crippen LogP contribution in [0.5, 0.6) is 5.75 Å². The number of ether oxygens (including phenoxy) is 1. The first-order chi connectivity index (χ1) is 9.33. The summed E-state index contributed by atoms with van der Waals surface area (Å²) in [5.41, 5.74) is 2.45. The van der Waals surface area contributed by atoms with Gasteiger partial charge in [-0.15, -0.1) is 0 Å². The Morgan fingerprint density at radius 1 is 1.21 bits per heavy atom. The third kappa shape index (κ3) is 3.76. The number of aromatic nitrogens is 2. The fourth-order valence-electron chi connectivity index (χ4n) is 2.08. The first-order valence-corrected chi connectivity index (χ1v) is 6.38. The highest BCUT2D eigenvalue weighted by molar-refractivity contribution is 5.26. The molecule has 1 N–H and O–H groups in total. The number of nitrogens with one attached hydrogen (secondary N) is 1. The van der Waals surface area contributed by atoms with Crippen molar-refractivity contribution in [3.63, 3.8) is 0 Å². The standard InChI is InChI=1S/C15H19N3O/c1-16-15(4-3-12-5-7-17-8-6-12)13-9-14(19-2)11-18-10-13/h5-11,15-16H,3-4H2,1-2H3. The maximum absolute atomic E-state index is 5.21. The molecule has 100 valence electrons. The van der Waals surface area contributed by atoms with Crippen molar-refractivity contribution in [2.45, 2.75) is 18.9 Å². The summed E-state index contributed by atoms with van der Waals surface area (Å²) < 4.78 is 5.21. The molecule has 0 fully saturated rings. The van der Waals surface area contributed by atoms with E-state index in [0.717, 1.165) is 24.2 Å². The Morgan fingerprint density at radius 2 is 2.00 bits per heavy atom. The van der Waals surface area contributed by atoms with Crippen LogP contribution in [-0.2, 0) is 6.42 Å². The Hall–Kier alpha value is -1.94. The van der Waals surface area contributed by atoms with Crippen molar-refractivity contribution in [2.75, 3.05) is 14.2 Å². The van der Waals surface area contributed by atoms with Gasteiger partial charge in [-0.1, -0.05) is 0 Å². The monoisotopic (exact) mass is 257 g/mol. The van der Waals surface area contributed by atoms with Gasteiger partial charge in [-0.3, -0.25) is 9.97 Å². The minimum atomic E-state index is 0.274. The number of rotatable bonds is 6. The summed E-state index contributed by atoms with van der Waals surface area (Å²) in [7, 11) is 3.63. The first-order valence-electron chi connectivity index (χ1n) is 6.38. The lowest BCUT2D eigenvalue weighted by Gasteiger charge is -2.16. The number of hydrogen-bond acceptors (Lipinski definition) is 4. The number of methoxy groups -OCH3 is 1. The highest BCUT2D eigenvalue weighted by atomic mass is 16.5. The summed E-state index contributed by atoms with van der Waals surface area (Å²) in [6.07, 6.45) is 9.28. The molecule has 2 rings (SSSR count). The van der Waals surface area contributed by atoms with Gasteiger partial charge in [0.25, 0.3) is 0 Å². The fraction of sp³-hybridized carbons (Fsp3) is 0.333. The third-order valence-corrected chi connectivity index (χ3v) is 3.19. The lowest BCUT2D eigenvalue weighted by Crippen LogP contribution is -2.17. The summed E-state index contributed by atoms with van der Waals surface area (Å²) in [6, 6.07) is 6.41. The van der Waals surface area contributed by atoms with Crippen LogP contribution in [0.3, 0.4) is 0 Å². The van der Waals surface area contributed by atoms with E-state index in [4.69, 9.17) is 4.74 Å². The number of pyridine rings is 2. The normalized spacial score (nSPS) is 12.1. The molecule has 0 aliphatic carbocycles. The molecule has 0 aliphatic rings. The Morgan fingerprint density at radius 3 is 2.68 bits per heavy atom.